The maximum absolute atomic E-state index is 11.6. The number of carbonyl (C=O) groups is 2. The molecular formula is C10H17NO4. The van der Waals surface area contributed by atoms with E-state index in [-0.39, 0.29) is 0 Å². The fourth-order valence-corrected chi connectivity index (χ4v) is 2.30. The zero-order valence-corrected chi connectivity index (χ0v) is 8.99. The van der Waals surface area contributed by atoms with Gasteiger partial charge in [0, 0.05) is 13.0 Å². The molecule has 3 unspecified atom stereocenters. The SMILES string of the molecule is CNC(=O)C(C)(C(=O)O)C1CCCC1O. The molecule has 1 rings (SSSR count). The van der Waals surface area contributed by atoms with Crippen LogP contribution in [0.5, 0.6) is 0 Å². The van der Waals surface area contributed by atoms with E-state index < -0.39 is 29.3 Å². The van der Waals surface area contributed by atoms with Crippen molar-refractivity contribution < 1.29 is 19.8 Å². The maximum Gasteiger partial charge on any atom is 0.319 e. The summed E-state index contributed by atoms with van der Waals surface area (Å²) >= 11 is 0. The van der Waals surface area contributed by atoms with E-state index >= 15 is 0 Å². The molecule has 5 heteroatoms. The predicted molar refractivity (Wildman–Crippen MR) is 53.2 cm³/mol. The lowest BCUT2D eigenvalue weighted by Gasteiger charge is -2.31. The van der Waals surface area contributed by atoms with Gasteiger partial charge in [-0.25, -0.2) is 0 Å². The molecule has 0 aliphatic heterocycles. The first kappa shape index (κ1) is 12.0. The van der Waals surface area contributed by atoms with E-state index in [4.69, 9.17) is 5.11 Å². The number of hydrogen-bond donors (Lipinski definition) is 3. The second kappa shape index (κ2) is 4.18. The van der Waals surface area contributed by atoms with Crippen LogP contribution in [0.15, 0.2) is 0 Å². The largest absolute Gasteiger partial charge is 0.480 e. The van der Waals surface area contributed by atoms with Crippen LogP contribution in [0.3, 0.4) is 0 Å². The van der Waals surface area contributed by atoms with Crippen LogP contribution in [0.25, 0.3) is 0 Å². The summed E-state index contributed by atoms with van der Waals surface area (Å²) in [5, 5.41) is 21.2. The molecule has 0 aromatic carbocycles. The number of carbonyl (C=O) groups excluding carboxylic acids is 1. The normalized spacial score (nSPS) is 29.5. The summed E-state index contributed by atoms with van der Waals surface area (Å²) < 4.78 is 0. The van der Waals surface area contributed by atoms with Gasteiger partial charge in [-0.1, -0.05) is 6.42 Å². The minimum atomic E-state index is -1.52. The molecule has 0 saturated heterocycles. The van der Waals surface area contributed by atoms with Gasteiger partial charge < -0.3 is 15.5 Å². The minimum Gasteiger partial charge on any atom is -0.480 e. The summed E-state index contributed by atoms with van der Waals surface area (Å²) in [6, 6.07) is 0. The molecule has 1 aliphatic rings. The van der Waals surface area contributed by atoms with Gasteiger partial charge in [-0.2, -0.15) is 0 Å². The molecule has 86 valence electrons. The predicted octanol–water partition coefficient (Wildman–Crippen LogP) is -0.0157. The lowest BCUT2D eigenvalue weighted by molar-refractivity contribution is -0.161. The highest BCUT2D eigenvalue weighted by Gasteiger charge is 2.51. The summed E-state index contributed by atoms with van der Waals surface area (Å²) in [4.78, 5) is 22.8. The lowest BCUT2D eigenvalue weighted by Crippen LogP contribution is -2.50. The molecule has 0 bridgehead atoms. The summed E-state index contributed by atoms with van der Waals surface area (Å²) in [7, 11) is 1.41. The molecule has 1 aliphatic carbocycles. The number of rotatable bonds is 3. The first-order chi connectivity index (χ1) is 6.94. The zero-order chi connectivity index (χ0) is 11.6. The summed E-state index contributed by atoms with van der Waals surface area (Å²) in [6.07, 6.45) is 1.23. The second-order valence-electron chi connectivity index (χ2n) is 4.19. The Bertz CT molecular complexity index is 279. The zero-order valence-electron chi connectivity index (χ0n) is 8.99. The first-order valence-electron chi connectivity index (χ1n) is 5.08. The van der Waals surface area contributed by atoms with Gasteiger partial charge in [-0.15, -0.1) is 0 Å². The number of aliphatic hydroxyl groups excluding tert-OH is 1. The molecule has 0 heterocycles. The molecule has 1 saturated carbocycles. The molecule has 0 spiro atoms. The number of carboxylic acids is 1. The number of carboxylic acid groups (broad SMARTS) is 1. The second-order valence-corrected chi connectivity index (χ2v) is 4.19. The first-order valence-corrected chi connectivity index (χ1v) is 5.08. The molecular weight excluding hydrogens is 198 g/mol. The Morgan fingerprint density at radius 2 is 2.00 bits per heavy atom. The Labute approximate surface area is 88.5 Å². The number of nitrogens with one attached hydrogen (secondary N) is 1. The summed E-state index contributed by atoms with van der Waals surface area (Å²) in [5.74, 6) is -2.20. The van der Waals surface area contributed by atoms with E-state index in [1.165, 1.54) is 14.0 Å². The number of aliphatic hydroxyl groups is 1. The van der Waals surface area contributed by atoms with Gasteiger partial charge in [-0.05, 0) is 19.8 Å². The average molecular weight is 215 g/mol. The van der Waals surface area contributed by atoms with E-state index in [2.05, 4.69) is 5.32 Å². The standard InChI is InChI=1S/C10H17NO4/c1-10(9(14)15,8(13)11-2)6-4-3-5-7(6)12/h6-7,12H,3-5H2,1-2H3,(H,11,13)(H,14,15). The molecule has 0 aromatic rings. The van der Waals surface area contributed by atoms with Crippen LogP contribution in [0.2, 0.25) is 0 Å². The third-order valence-electron chi connectivity index (χ3n) is 3.36. The number of amides is 1. The van der Waals surface area contributed by atoms with Crippen molar-refractivity contribution in [3.8, 4) is 0 Å². The molecule has 5 nitrogen and oxygen atoms in total. The van der Waals surface area contributed by atoms with Crippen LogP contribution in [-0.2, 0) is 9.59 Å². The molecule has 3 atom stereocenters. The Hall–Kier alpha value is -1.10. The minimum absolute atomic E-state index is 0.491. The molecule has 1 amide bonds. The van der Waals surface area contributed by atoms with Crippen LogP contribution in [0, 0.1) is 11.3 Å². The quantitative estimate of drug-likeness (QED) is 0.578. The molecule has 0 aromatic heterocycles. The highest BCUT2D eigenvalue weighted by molar-refractivity contribution is 6.01. The van der Waals surface area contributed by atoms with Crippen molar-refractivity contribution in [2.45, 2.75) is 32.3 Å². The van der Waals surface area contributed by atoms with Crippen molar-refractivity contribution in [1.29, 1.82) is 0 Å². The average Bonchev–Trinajstić information content (AvgIpc) is 2.62. The lowest BCUT2D eigenvalue weighted by atomic mass is 9.74. The van der Waals surface area contributed by atoms with Gasteiger partial charge >= 0.3 is 5.97 Å². The van der Waals surface area contributed by atoms with E-state index in [1.807, 2.05) is 0 Å². The van der Waals surface area contributed by atoms with Gasteiger partial charge in [0.15, 0.2) is 0 Å². The maximum atomic E-state index is 11.6. The van der Waals surface area contributed by atoms with Crippen molar-refractivity contribution in [3.05, 3.63) is 0 Å². The molecule has 1 fully saturated rings. The topological polar surface area (TPSA) is 86.6 Å². The van der Waals surface area contributed by atoms with Crippen LogP contribution in [-0.4, -0.2) is 35.2 Å². The van der Waals surface area contributed by atoms with Crippen LogP contribution >= 0.6 is 0 Å². The van der Waals surface area contributed by atoms with Crippen molar-refractivity contribution in [2.24, 2.45) is 11.3 Å². The van der Waals surface area contributed by atoms with Crippen molar-refractivity contribution in [2.75, 3.05) is 7.05 Å². The number of aliphatic carboxylic acids is 1. The van der Waals surface area contributed by atoms with Crippen molar-refractivity contribution in [3.63, 3.8) is 0 Å². The van der Waals surface area contributed by atoms with E-state index in [0.29, 0.717) is 12.8 Å². The third kappa shape index (κ3) is 1.84. The van der Waals surface area contributed by atoms with Crippen molar-refractivity contribution in [1.82, 2.24) is 5.32 Å². The monoisotopic (exact) mass is 215 g/mol. The molecule has 15 heavy (non-hydrogen) atoms. The van der Waals surface area contributed by atoms with Gasteiger partial charge in [0.1, 0.15) is 5.41 Å². The van der Waals surface area contributed by atoms with Crippen LogP contribution in [0.1, 0.15) is 26.2 Å². The van der Waals surface area contributed by atoms with Gasteiger partial charge in [0.05, 0.1) is 6.10 Å². The summed E-state index contributed by atoms with van der Waals surface area (Å²) in [6.45, 7) is 1.38. The molecule has 0 radical (unpaired) electrons. The van der Waals surface area contributed by atoms with Crippen LogP contribution < -0.4 is 5.32 Å². The third-order valence-corrected chi connectivity index (χ3v) is 3.36. The fraction of sp³-hybridized carbons (Fsp3) is 0.800. The molecule has 3 N–H and O–H groups in total. The van der Waals surface area contributed by atoms with E-state index in [0.717, 1.165) is 6.42 Å². The van der Waals surface area contributed by atoms with Gasteiger partial charge in [0.2, 0.25) is 5.91 Å². The highest BCUT2D eigenvalue weighted by Crippen LogP contribution is 2.40. The van der Waals surface area contributed by atoms with E-state index in [9.17, 15) is 14.7 Å². The summed E-state index contributed by atoms with van der Waals surface area (Å²) in [5.41, 5.74) is -1.52. The fourth-order valence-electron chi connectivity index (χ4n) is 2.30. The number of hydrogen-bond acceptors (Lipinski definition) is 3. The smallest absolute Gasteiger partial charge is 0.319 e. The Balaban J connectivity index is 3.00. The van der Waals surface area contributed by atoms with Gasteiger partial charge in [-0.3, -0.25) is 9.59 Å². The Morgan fingerprint density at radius 3 is 2.33 bits per heavy atom. The van der Waals surface area contributed by atoms with E-state index in [1.54, 1.807) is 0 Å². The van der Waals surface area contributed by atoms with Gasteiger partial charge in [0.25, 0.3) is 0 Å². The van der Waals surface area contributed by atoms with Crippen molar-refractivity contribution >= 4 is 11.9 Å². The highest BCUT2D eigenvalue weighted by atomic mass is 16.4. The Kier molecular flexibility index (Phi) is 3.34. The Morgan fingerprint density at radius 1 is 1.40 bits per heavy atom. The van der Waals surface area contributed by atoms with Crippen LogP contribution in [0.4, 0.5) is 0 Å².